The lowest BCUT2D eigenvalue weighted by molar-refractivity contribution is -0.384. The van der Waals surface area contributed by atoms with Crippen LogP contribution in [0, 0.1) is 16.0 Å². The van der Waals surface area contributed by atoms with Gasteiger partial charge in [-0.25, -0.2) is 0 Å². The van der Waals surface area contributed by atoms with Crippen molar-refractivity contribution in [1.29, 1.82) is 0 Å². The van der Waals surface area contributed by atoms with Crippen LogP contribution in [0.25, 0.3) is 27.5 Å². The lowest BCUT2D eigenvalue weighted by Gasteiger charge is -2.30. The number of aromatic nitrogens is 1. The SMILES string of the molecule is CCCCCCCC(=O)c1ccc2c(c1)c1cc(C(=O)C(=O)N3CCCC(C)C3)ccc1n2-c1ccc([N+](=O)[O-])cc1. The quantitative estimate of drug-likeness (QED) is 0.0608. The Labute approximate surface area is 245 Å². The topological polar surface area (TPSA) is 103 Å². The van der Waals surface area contributed by atoms with Crippen LogP contribution < -0.4 is 0 Å². The first-order valence-corrected chi connectivity index (χ1v) is 15.0. The maximum absolute atomic E-state index is 13.4. The van der Waals surface area contributed by atoms with Crippen molar-refractivity contribution in [2.75, 3.05) is 13.1 Å². The van der Waals surface area contributed by atoms with Crippen LogP contribution in [0.3, 0.4) is 0 Å². The van der Waals surface area contributed by atoms with Crippen molar-refractivity contribution in [3.05, 3.63) is 81.9 Å². The standard InChI is InChI=1S/C34H37N3O5/c1-3-4-5-6-7-10-32(38)24-11-17-30-28(20-24)29-21-25(33(39)34(40)35-19-8-9-23(2)22-35)12-18-31(29)36(30)26-13-15-27(16-14-26)37(41)42/h11-18,20-21,23H,3-10,19,22H2,1-2H3. The predicted octanol–water partition coefficient (Wildman–Crippen LogP) is 7.68. The second-order valence-electron chi connectivity index (χ2n) is 11.5. The Hall–Kier alpha value is -4.33. The molecule has 1 aliphatic rings. The van der Waals surface area contributed by atoms with Gasteiger partial charge in [-0.1, -0.05) is 39.5 Å². The van der Waals surface area contributed by atoms with E-state index in [9.17, 15) is 24.5 Å². The molecule has 0 radical (unpaired) electrons. The van der Waals surface area contributed by atoms with E-state index in [4.69, 9.17) is 0 Å². The van der Waals surface area contributed by atoms with E-state index in [-0.39, 0.29) is 11.5 Å². The lowest BCUT2D eigenvalue weighted by atomic mass is 9.98. The van der Waals surface area contributed by atoms with E-state index in [1.165, 1.54) is 18.6 Å². The molecule has 3 aromatic carbocycles. The molecule has 0 saturated carbocycles. The van der Waals surface area contributed by atoms with Crippen LogP contribution in [0.4, 0.5) is 5.69 Å². The summed E-state index contributed by atoms with van der Waals surface area (Å²) in [6.07, 6.45) is 7.72. The molecule has 8 heteroatoms. The first kappa shape index (κ1) is 29.2. The number of hydrogen-bond acceptors (Lipinski definition) is 5. The van der Waals surface area contributed by atoms with Gasteiger partial charge < -0.3 is 9.47 Å². The first-order valence-electron chi connectivity index (χ1n) is 15.0. The van der Waals surface area contributed by atoms with E-state index in [1.807, 2.05) is 28.8 Å². The van der Waals surface area contributed by atoms with E-state index >= 15 is 0 Å². The van der Waals surface area contributed by atoms with Gasteiger partial charge in [0, 0.05) is 59.2 Å². The summed E-state index contributed by atoms with van der Waals surface area (Å²) >= 11 is 0. The third-order valence-corrected chi connectivity index (χ3v) is 8.31. The molecular formula is C34H37N3O5. The fraction of sp³-hybridized carbons (Fsp3) is 0.382. The average Bonchev–Trinajstić information content (AvgIpc) is 3.33. The fourth-order valence-corrected chi connectivity index (χ4v) is 6.01. The predicted molar refractivity (Wildman–Crippen MR) is 164 cm³/mol. The van der Waals surface area contributed by atoms with Crippen LogP contribution in [0.5, 0.6) is 0 Å². The van der Waals surface area contributed by atoms with Gasteiger partial charge in [-0.15, -0.1) is 0 Å². The van der Waals surface area contributed by atoms with Gasteiger partial charge >= 0.3 is 0 Å². The number of carbonyl (C=O) groups excluding carboxylic acids is 3. The van der Waals surface area contributed by atoms with E-state index in [1.54, 1.807) is 29.2 Å². The highest BCUT2D eigenvalue weighted by Crippen LogP contribution is 2.34. The molecule has 42 heavy (non-hydrogen) atoms. The number of fused-ring (bicyclic) bond motifs is 3. The molecule has 1 atom stereocenters. The summed E-state index contributed by atoms with van der Waals surface area (Å²) in [7, 11) is 0. The number of amides is 1. The van der Waals surface area contributed by atoms with Crippen LogP contribution in [0.1, 0.15) is 85.9 Å². The van der Waals surface area contributed by atoms with Crippen molar-refractivity contribution < 1.29 is 19.3 Å². The molecule has 1 fully saturated rings. The lowest BCUT2D eigenvalue weighted by Crippen LogP contribution is -2.42. The van der Waals surface area contributed by atoms with Crippen molar-refractivity contribution in [2.24, 2.45) is 5.92 Å². The summed E-state index contributed by atoms with van der Waals surface area (Å²) in [6.45, 7) is 5.42. The number of carbonyl (C=O) groups is 3. The zero-order chi connectivity index (χ0) is 29.8. The molecule has 5 rings (SSSR count). The molecule has 2 heterocycles. The van der Waals surface area contributed by atoms with Crippen molar-refractivity contribution in [1.82, 2.24) is 9.47 Å². The average molecular weight is 568 g/mol. The van der Waals surface area contributed by atoms with Crippen molar-refractivity contribution in [3.8, 4) is 5.69 Å². The summed E-state index contributed by atoms with van der Waals surface area (Å²) in [6, 6.07) is 17.1. The Kier molecular flexibility index (Phi) is 8.80. The van der Waals surface area contributed by atoms with E-state index in [0.29, 0.717) is 42.2 Å². The number of unbranched alkanes of at least 4 members (excludes halogenated alkanes) is 4. The smallest absolute Gasteiger partial charge is 0.294 e. The fourth-order valence-electron chi connectivity index (χ4n) is 6.01. The second kappa shape index (κ2) is 12.7. The summed E-state index contributed by atoms with van der Waals surface area (Å²) in [5.74, 6) is -0.591. The van der Waals surface area contributed by atoms with Gasteiger partial charge in [0.15, 0.2) is 5.78 Å². The minimum atomic E-state index is -0.540. The molecule has 1 aliphatic heterocycles. The summed E-state index contributed by atoms with van der Waals surface area (Å²) in [5, 5.41) is 12.8. The van der Waals surface area contributed by atoms with Gasteiger partial charge in [-0.3, -0.25) is 24.5 Å². The van der Waals surface area contributed by atoms with Crippen molar-refractivity contribution in [2.45, 2.75) is 65.2 Å². The highest BCUT2D eigenvalue weighted by Gasteiger charge is 2.27. The van der Waals surface area contributed by atoms with Gasteiger partial charge in [0.25, 0.3) is 11.6 Å². The second-order valence-corrected chi connectivity index (χ2v) is 11.5. The third kappa shape index (κ3) is 5.98. The van der Waals surface area contributed by atoms with E-state index in [0.717, 1.165) is 60.3 Å². The van der Waals surface area contributed by atoms with Crippen molar-refractivity contribution >= 4 is 45.0 Å². The van der Waals surface area contributed by atoms with Gasteiger partial charge in [0.2, 0.25) is 5.78 Å². The molecule has 0 N–H and O–H groups in total. The number of nitrogens with zero attached hydrogens (tertiary/aromatic N) is 3. The monoisotopic (exact) mass is 567 g/mol. The zero-order valence-corrected chi connectivity index (χ0v) is 24.3. The highest BCUT2D eigenvalue weighted by atomic mass is 16.6. The Bertz CT molecular complexity index is 1650. The number of hydrogen-bond donors (Lipinski definition) is 0. The number of piperidine rings is 1. The summed E-state index contributed by atoms with van der Waals surface area (Å²) in [5.41, 5.74) is 3.20. The number of rotatable bonds is 11. The summed E-state index contributed by atoms with van der Waals surface area (Å²) in [4.78, 5) is 52.1. The number of nitro groups is 1. The van der Waals surface area contributed by atoms with E-state index < -0.39 is 16.6 Å². The van der Waals surface area contributed by atoms with Crippen LogP contribution in [0.2, 0.25) is 0 Å². The Morgan fingerprint density at radius 3 is 2.17 bits per heavy atom. The van der Waals surface area contributed by atoms with Crippen LogP contribution >= 0.6 is 0 Å². The molecular weight excluding hydrogens is 530 g/mol. The molecule has 0 spiro atoms. The number of nitro benzene ring substituents is 1. The first-order chi connectivity index (χ1) is 20.3. The van der Waals surface area contributed by atoms with Gasteiger partial charge in [0.1, 0.15) is 0 Å². The largest absolute Gasteiger partial charge is 0.336 e. The minimum Gasteiger partial charge on any atom is -0.336 e. The minimum absolute atomic E-state index is 0.00948. The van der Waals surface area contributed by atoms with Gasteiger partial charge in [0.05, 0.1) is 16.0 Å². The molecule has 0 bridgehead atoms. The maximum atomic E-state index is 13.4. The molecule has 1 saturated heterocycles. The number of benzene rings is 3. The Morgan fingerprint density at radius 1 is 0.881 bits per heavy atom. The Morgan fingerprint density at radius 2 is 1.52 bits per heavy atom. The third-order valence-electron chi connectivity index (χ3n) is 8.31. The molecule has 1 unspecified atom stereocenters. The van der Waals surface area contributed by atoms with Crippen LogP contribution in [-0.2, 0) is 4.79 Å². The maximum Gasteiger partial charge on any atom is 0.294 e. The van der Waals surface area contributed by atoms with E-state index in [2.05, 4.69) is 13.8 Å². The summed E-state index contributed by atoms with van der Waals surface area (Å²) < 4.78 is 1.97. The number of ketones is 2. The molecule has 4 aromatic rings. The highest BCUT2D eigenvalue weighted by molar-refractivity contribution is 6.43. The number of Topliss-reactive ketones (excluding diaryl/α,β-unsaturated/α-hetero) is 2. The molecule has 8 nitrogen and oxygen atoms in total. The van der Waals surface area contributed by atoms with Crippen molar-refractivity contribution in [3.63, 3.8) is 0 Å². The Balaban J connectivity index is 1.56. The molecule has 1 amide bonds. The van der Waals surface area contributed by atoms with Gasteiger partial charge in [-0.05, 0) is 73.7 Å². The number of non-ortho nitro benzene ring substituents is 1. The van der Waals surface area contributed by atoms with Crippen LogP contribution in [0.15, 0.2) is 60.7 Å². The molecule has 218 valence electrons. The number of likely N-dealkylation sites (tertiary alicyclic amines) is 1. The zero-order valence-electron chi connectivity index (χ0n) is 24.3. The molecule has 0 aliphatic carbocycles. The molecule has 1 aromatic heterocycles. The van der Waals surface area contributed by atoms with Crippen LogP contribution in [-0.4, -0.2) is 45.0 Å². The van der Waals surface area contributed by atoms with Gasteiger partial charge in [-0.2, -0.15) is 0 Å². The normalized spacial score (nSPS) is 15.3.